The van der Waals surface area contributed by atoms with Crippen LogP contribution in [-0.2, 0) is 14.1 Å². The van der Waals surface area contributed by atoms with Crippen molar-refractivity contribution in [3.8, 4) is 23.5 Å². The van der Waals surface area contributed by atoms with Gasteiger partial charge >= 0.3 is 0 Å². The number of nitrogens with zero attached hydrogens (tertiary/aromatic N) is 6. The number of amides is 2. The molecule has 0 aliphatic rings. The van der Waals surface area contributed by atoms with Crippen molar-refractivity contribution in [2.24, 2.45) is 14.1 Å². The van der Waals surface area contributed by atoms with Crippen molar-refractivity contribution in [1.29, 1.82) is 0 Å². The number of hydrogen-bond donors (Lipinski definition) is 2. The van der Waals surface area contributed by atoms with Crippen molar-refractivity contribution in [1.82, 2.24) is 39.3 Å². The van der Waals surface area contributed by atoms with E-state index < -0.39 is 0 Å². The molecule has 0 aliphatic heterocycles. The Morgan fingerprint density at radius 1 is 0.750 bits per heavy atom. The predicted octanol–water partition coefficient (Wildman–Crippen LogP) is 0.898. The Labute approximate surface area is 184 Å². The van der Waals surface area contributed by atoms with Crippen LogP contribution in [0.15, 0.2) is 61.4 Å². The summed E-state index contributed by atoms with van der Waals surface area (Å²) in [5, 5.41) is 13.9. The Balaban J connectivity index is 1.31. The van der Waals surface area contributed by atoms with E-state index in [4.69, 9.17) is 0 Å². The normalized spacial score (nSPS) is 10.4. The Morgan fingerprint density at radius 2 is 1.12 bits per heavy atom. The second-order valence-electron chi connectivity index (χ2n) is 6.91. The monoisotopic (exact) mass is 430 g/mol. The largest absolute Gasteiger partial charge is 0.341 e. The van der Waals surface area contributed by atoms with Crippen LogP contribution >= 0.6 is 0 Å². The first-order chi connectivity index (χ1) is 15.6. The highest BCUT2D eigenvalue weighted by Crippen LogP contribution is 2.14. The lowest BCUT2D eigenvalue weighted by molar-refractivity contribution is 0.0949. The lowest BCUT2D eigenvalue weighted by Crippen LogP contribution is -2.26. The Bertz CT molecular complexity index is 1190. The quantitative estimate of drug-likeness (QED) is 0.444. The van der Waals surface area contributed by atoms with Gasteiger partial charge in [-0.3, -0.25) is 19.0 Å². The molecule has 10 heteroatoms. The molecule has 2 N–H and O–H groups in total. The van der Waals surface area contributed by atoms with Crippen LogP contribution in [0.2, 0.25) is 0 Å². The van der Waals surface area contributed by atoms with Gasteiger partial charge in [0.2, 0.25) is 0 Å². The van der Waals surface area contributed by atoms with E-state index in [2.05, 4.69) is 32.7 Å². The molecule has 0 unspecified atom stereocenters. The fourth-order valence-corrected chi connectivity index (χ4v) is 3.31. The number of aryl methyl sites for hydroxylation is 2. The van der Waals surface area contributed by atoms with Gasteiger partial charge in [0.15, 0.2) is 0 Å². The molecule has 0 bridgehead atoms. The van der Waals surface area contributed by atoms with Gasteiger partial charge < -0.3 is 19.8 Å². The van der Waals surface area contributed by atoms with Crippen molar-refractivity contribution in [3.05, 3.63) is 72.6 Å². The molecule has 4 rings (SSSR count). The van der Waals surface area contributed by atoms with Crippen LogP contribution in [0.5, 0.6) is 0 Å². The van der Waals surface area contributed by atoms with Crippen molar-refractivity contribution in [3.63, 3.8) is 0 Å². The topological polar surface area (TPSA) is 104 Å². The molecule has 10 nitrogen and oxygen atoms in total. The maximum absolute atomic E-state index is 12.5. The Kier molecular flexibility index (Phi) is 5.89. The molecular weight excluding hydrogens is 408 g/mol. The van der Waals surface area contributed by atoms with Crippen LogP contribution in [0.1, 0.15) is 20.7 Å². The molecule has 0 fully saturated rings. The minimum Gasteiger partial charge on any atom is -0.341 e. The van der Waals surface area contributed by atoms with E-state index >= 15 is 0 Å². The summed E-state index contributed by atoms with van der Waals surface area (Å²) >= 11 is 0. The van der Waals surface area contributed by atoms with Gasteiger partial charge in [-0.1, -0.05) is 11.8 Å². The minimum absolute atomic E-state index is 0.149. The van der Waals surface area contributed by atoms with Crippen molar-refractivity contribution >= 4 is 11.8 Å². The highest BCUT2D eigenvalue weighted by Gasteiger charge is 2.17. The zero-order chi connectivity index (χ0) is 22.5. The van der Waals surface area contributed by atoms with E-state index in [0.717, 1.165) is 0 Å². The lowest BCUT2D eigenvalue weighted by atomic mass is 10.3. The SMILES string of the molecule is Cn1ncc(C(=O)NCC#CCNC(=O)c2cnn(C)c2-n2cccc2)c1-n1cccc1. The van der Waals surface area contributed by atoms with Crippen molar-refractivity contribution in [2.45, 2.75) is 0 Å². The van der Waals surface area contributed by atoms with E-state index in [1.165, 1.54) is 12.4 Å². The van der Waals surface area contributed by atoms with Gasteiger partial charge in [0.05, 0.1) is 25.5 Å². The van der Waals surface area contributed by atoms with Gasteiger partial charge in [-0.2, -0.15) is 10.2 Å². The lowest BCUT2D eigenvalue weighted by Gasteiger charge is -2.07. The summed E-state index contributed by atoms with van der Waals surface area (Å²) in [6.07, 6.45) is 10.4. The molecule has 162 valence electrons. The second kappa shape index (κ2) is 9.09. The molecule has 0 radical (unpaired) electrons. The molecule has 4 heterocycles. The van der Waals surface area contributed by atoms with E-state index in [-0.39, 0.29) is 24.9 Å². The van der Waals surface area contributed by atoms with Gasteiger partial charge in [-0.05, 0) is 24.3 Å². The molecule has 2 amide bonds. The summed E-state index contributed by atoms with van der Waals surface area (Å²) < 4.78 is 6.92. The van der Waals surface area contributed by atoms with Crippen LogP contribution in [0, 0.1) is 11.8 Å². The molecule has 4 aromatic rings. The minimum atomic E-state index is -0.271. The van der Waals surface area contributed by atoms with E-state index in [9.17, 15) is 9.59 Å². The Hall–Kier alpha value is -4.52. The second-order valence-corrected chi connectivity index (χ2v) is 6.91. The third kappa shape index (κ3) is 4.17. The van der Waals surface area contributed by atoms with Crippen LogP contribution in [-0.4, -0.2) is 53.6 Å². The third-order valence-corrected chi connectivity index (χ3v) is 4.80. The highest BCUT2D eigenvalue weighted by molar-refractivity contribution is 5.97. The maximum atomic E-state index is 12.5. The molecule has 0 spiro atoms. The molecule has 0 saturated heterocycles. The van der Waals surface area contributed by atoms with Gasteiger partial charge in [-0.15, -0.1) is 0 Å². The first kappa shape index (κ1) is 20.7. The molecule has 0 atom stereocenters. The fourth-order valence-electron chi connectivity index (χ4n) is 3.31. The van der Waals surface area contributed by atoms with Crippen LogP contribution in [0.25, 0.3) is 11.6 Å². The van der Waals surface area contributed by atoms with E-state index in [0.29, 0.717) is 22.8 Å². The number of carbonyl (C=O) groups is 2. The first-order valence-electron chi connectivity index (χ1n) is 9.89. The number of nitrogens with one attached hydrogen (secondary N) is 2. The molecule has 4 aromatic heterocycles. The van der Waals surface area contributed by atoms with Gasteiger partial charge in [0, 0.05) is 38.9 Å². The molecule has 0 aliphatic carbocycles. The van der Waals surface area contributed by atoms with E-state index in [1.807, 2.05) is 58.2 Å². The first-order valence-corrected chi connectivity index (χ1v) is 9.89. The standard InChI is InChI=1S/C22H22N8O2/c1-27-21(29-11-5-6-12-29)17(15-25-27)19(31)23-9-3-4-10-24-20(32)18-16-26-28(2)22(18)30-13-7-8-14-30/h5-8,11-16H,9-10H2,1-2H3,(H,23,31)(H,24,32). The number of hydrogen-bond acceptors (Lipinski definition) is 4. The molecule has 0 saturated carbocycles. The zero-order valence-electron chi connectivity index (χ0n) is 17.7. The summed E-state index contributed by atoms with van der Waals surface area (Å²) in [7, 11) is 3.55. The fraction of sp³-hybridized carbons (Fsp3) is 0.182. The molecular formula is C22H22N8O2. The van der Waals surface area contributed by atoms with Crippen molar-refractivity contribution in [2.75, 3.05) is 13.1 Å². The molecule has 32 heavy (non-hydrogen) atoms. The summed E-state index contributed by atoms with van der Waals surface area (Å²) in [6.45, 7) is 0.298. The maximum Gasteiger partial charge on any atom is 0.257 e. The summed E-state index contributed by atoms with van der Waals surface area (Å²) in [5.74, 6) is 6.48. The summed E-state index contributed by atoms with van der Waals surface area (Å²) in [6, 6.07) is 7.51. The smallest absolute Gasteiger partial charge is 0.257 e. The summed E-state index contributed by atoms with van der Waals surface area (Å²) in [5.41, 5.74) is 0.904. The summed E-state index contributed by atoms with van der Waals surface area (Å²) in [4.78, 5) is 25.1. The average Bonchev–Trinajstić information content (AvgIpc) is 3.56. The number of carbonyl (C=O) groups excluding carboxylic acids is 2. The van der Waals surface area contributed by atoms with Crippen molar-refractivity contribution < 1.29 is 9.59 Å². The van der Waals surface area contributed by atoms with Gasteiger partial charge in [0.25, 0.3) is 11.8 Å². The van der Waals surface area contributed by atoms with Crippen LogP contribution in [0.3, 0.4) is 0 Å². The van der Waals surface area contributed by atoms with Crippen LogP contribution < -0.4 is 10.6 Å². The Morgan fingerprint density at radius 3 is 1.50 bits per heavy atom. The predicted molar refractivity (Wildman–Crippen MR) is 118 cm³/mol. The average molecular weight is 430 g/mol. The number of rotatable bonds is 6. The third-order valence-electron chi connectivity index (χ3n) is 4.80. The molecule has 0 aromatic carbocycles. The number of aromatic nitrogens is 6. The van der Waals surface area contributed by atoms with Gasteiger partial charge in [-0.25, -0.2) is 0 Å². The highest BCUT2D eigenvalue weighted by atomic mass is 16.2. The van der Waals surface area contributed by atoms with Crippen LogP contribution in [0.4, 0.5) is 0 Å². The van der Waals surface area contributed by atoms with Gasteiger partial charge in [0.1, 0.15) is 22.8 Å². The van der Waals surface area contributed by atoms with E-state index in [1.54, 1.807) is 23.5 Å². The zero-order valence-corrected chi connectivity index (χ0v) is 17.7.